The smallest absolute Gasteiger partial charge is 0.341 e. The summed E-state index contributed by atoms with van der Waals surface area (Å²) in [6.45, 7) is 2.17. The number of ether oxygens (including phenoxy) is 1. The van der Waals surface area contributed by atoms with Gasteiger partial charge in [-0.2, -0.15) is 0 Å². The molecule has 2 aromatic rings. The second kappa shape index (κ2) is 10.5. The van der Waals surface area contributed by atoms with E-state index in [0.29, 0.717) is 17.8 Å². The molecular weight excluding hydrogens is 364 g/mol. The fraction of sp³-hybridized carbons (Fsp3) is 0.333. The van der Waals surface area contributed by atoms with Crippen LogP contribution in [0.25, 0.3) is 0 Å². The summed E-state index contributed by atoms with van der Waals surface area (Å²) in [5.74, 6) is -0.801. The molecule has 5 nitrogen and oxygen atoms in total. The normalized spacial score (nSPS) is 14.4. The maximum Gasteiger partial charge on any atom is 0.341 e. The molecule has 2 N–H and O–H groups in total. The van der Waals surface area contributed by atoms with Crippen LogP contribution < -0.4 is 10.6 Å². The van der Waals surface area contributed by atoms with E-state index in [1.165, 1.54) is 18.4 Å². The van der Waals surface area contributed by atoms with Crippen molar-refractivity contribution in [2.75, 3.05) is 11.9 Å². The number of carbonyl (C=O) groups excluding carboxylic acids is 2. The van der Waals surface area contributed by atoms with E-state index < -0.39 is 12.1 Å². The van der Waals surface area contributed by atoms with Gasteiger partial charge in [-0.3, -0.25) is 4.79 Å². The Kier molecular flexibility index (Phi) is 7.45. The molecule has 0 bridgehead atoms. The molecule has 0 unspecified atom stereocenters. The van der Waals surface area contributed by atoms with E-state index in [0.717, 1.165) is 24.9 Å². The van der Waals surface area contributed by atoms with Crippen molar-refractivity contribution >= 4 is 23.3 Å². The first kappa shape index (κ1) is 20.6. The van der Waals surface area contributed by atoms with Crippen molar-refractivity contribution in [2.45, 2.75) is 45.1 Å². The van der Waals surface area contributed by atoms with Crippen LogP contribution in [0.15, 0.2) is 66.2 Å². The minimum Gasteiger partial charge on any atom is -0.449 e. The summed E-state index contributed by atoms with van der Waals surface area (Å²) in [5.41, 5.74) is 3.31. The Bertz CT molecular complexity index is 861. The third kappa shape index (κ3) is 6.21. The number of amides is 1. The van der Waals surface area contributed by atoms with Gasteiger partial charge in [-0.1, -0.05) is 42.0 Å². The lowest BCUT2D eigenvalue weighted by Gasteiger charge is -2.17. The van der Waals surface area contributed by atoms with Crippen molar-refractivity contribution in [3.63, 3.8) is 0 Å². The number of para-hydroxylation sites is 2. The predicted octanol–water partition coefficient (Wildman–Crippen LogP) is 4.98. The van der Waals surface area contributed by atoms with Gasteiger partial charge in [0.05, 0.1) is 11.3 Å². The van der Waals surface area contributed by atoms with Crippen molar-refractivity contribution in [1.29, 1.82) is 0 Å². The van der Waals surface area contributed by atoms with Gasteiger partial charge < -0.3 is 15.4 Å². The SMILES string of the molecule is C[C@@H](OC(=O)c1ccccc1Nc1ccccc1)C(=O)NCCC1=CCCCC1. The summed E-state index contributed by atoms with van der Waals surface area (Å²) in [4.78, 5) is 24.9. The molecule has 5 heteroatoms. The van der Waals surface area contributed by atoms with Gasteiger partial charge in [0.25, 0.3) is 5.91 Å². The molecule has 29 heavy (non-hydrogen) atoms. The van der Waals surface area contributed by atoms with Crippen LogP contribution in [0.5, 0.6) is 0 Å². The van der Waals surface area contributed by atoms with Gasteiger partial charge in [-0.15, -0.1) is 0 Å². The zero-order valence-electron chi connectivity index (χ0n) is 16.8. The first-order chi connectivity index (χ1) is 14.1. The lowest BCUT2D eigenvalue weighted by molar-refractivity contribution is -0.129. The van der Waals surface area contributed by atoms with Crippen LogP contribution in [0.2, 0.25) is 0 Å². The number of esters is 1. The molecule has 0 spiro atoms. The zero-order valence-corrected chi connectivity index (χ0v) is 16.8. The number of allylic oxidation sites excluding steroid dienone is 1. The standard InChI is InChI=1S/C24H28N2O3/c1-18(23(27)25-17-16-19-10-4-2-5-11-19)29-24(28)21-14-8-9-15-22(21)26-20-12-6-3-7-13-20/h3,6-10,12-15,18,26H,2,4-5,11,16-17H2,1H3,(H,25,27)/t18-/m1/s1. The van der Waals surface area contributed by atoms with Crippen molar-refractivity contribution in [3.05, 3.63) is 71.8 Å². The minimum absolute atomic E-state index is 0.275. The number of rotatable bonds is 8. The Hall–Kier alpha value is -3.08. The van der Waals surface area contributed by atoms with Crippen molar-refractivity contribution in [2.24, 2.45) is 0 Å². The molecule has 1 atom stereocenters. The average molecular weight is 392 g/mol. The molecule has 0 fully saturated rings. The Morgan fingerprint density at radius 1 is 1.03 bits per heavy atom. The van der Waals surface area contributed by atoms with Crippen LogP contribution in [0, 0.1) is 0 Å². The Morgan fingerprint density at radius 2 is 1.79 bits per heavy atom. The summed E-state index contributed by atoms with van der Waals surface area (Å²) >= 11 is 0. The average Bonchev–Trinajstić information content (AvgIpc) is 2.75. The number of nitrogens with one attached hydrogen (secondary N) is 2. The molecule has 0 saturated carbocycles. The lowest BCUT2D eigenvalue weighted by Crippen LogP contribution is -2.36. The van der Waals surface area contributed by atoms with Crippen LogP contribution in [-0.4, -0.2) is 24.5 Å². The van der Waals surface area contributed by atoms with Crippen LogP contribution in [0.1, 0.15) is 49.4 Å². The highest BCUT2D eigenvalue weighted by Gasteiger charge is 2.20. The first-order valence-electron chi connectivity index (χ1n) is 10.2. The highest BCUT2D eigenvalue weighted by atomic mass is 16.5. The summed E-state index contributed by atoms with van der Waals surface area (Å²) in [5, 5.41) is 6.09. The van der Waals surface area contributed by atoms with Crippen LogP contribution in [0.3, 0.4) is 0 Å². The molecule has 0 aromatic heterocycles. The number of benzene rings is 2. The maximum atomic E-state index is 12.6. The van der Waals surface area contributed by atoms with E-state index in [-0.39, 0.29) is 5.91 Å². The van der Waals surface area contributed by atoms with Crippen molar-refractivity contribution < 1.29 is 14.3 Å². The van der Waals surface area contributed by atoms with Gasteiger partial charge in [-0.05, 0) is 63.3 Å². The second-order valence-electron chi connectivity index (χ2n) is 7.23. The Labute approximate surface area is 172 Å². The van der Waals surface area contributed by atoms with Crippen LogP contribution in [0.4, 0.5) is 11.4 Å². The maximum absolute atomic E-state index is 12.6. The fourth-order valence-electron chi connectivity index (χ4n) is 3.35. The van der Waals surface area contributed by atoms with Gasteiger partial charge in [0.15, 0.2) is 6.10 Å². The largest absolute Gasteiger partial charge is 0.449 e. The molecule has 0 radical (unpaired) electrons. The van der Waals surface area contributed by atoms with E-state index in [4.69, 9.17) is 4.74 Å². The van der Waals surface area contributed by atoms with Crippen LogP contribution >= 0.6 is 0 Å². The molecule has 1 aliphatic carbocycles. The topological polar surface area (TPSA) is 67.4 Å². The van der Waals surface area contributed by atoms with Gasteiger partial charge in [0.1, 0.15) is 0 Å². The summed E-state index contributed by atoms with van der Waals surface area (Å²) in [7, 11) is 0. The van der Waals surface area contributed by atoms with Crippen molar-refractivity contribution in [1.82, 2.24) is 5.32 Å². The summed E-state index contributed by atoms with van der Waals surface area (Å²) in [6, 6.07) is 16.7. The van der Waals surface area contributed by atoms with Crippen molar-refractivity contribution in [3.8, 4) is 0 Å². The highest BCUT2D eigenvalue weighted by Crippen LogP contribution is 2.22. The fourth-order valence-corrected chi connectivity index (χ4v) is 3.35. The van der Waals surface area contributed by atoms with E-state index >= 15 is 0 Å². The zero-order chi connectivity index (χ0) is 20.5. The number of carbonyl (C=O) groups is 2. The first-order valence-corrected chi connectivity index (χ1v) is 10.2. The third-order valence-corrected chi connectivity index (χ3v) is 4.98. The predicted molar refractivity (Wildman–Crippen MR) is 115 cm³/mol. The third-order valence-electron chi connectivity index (χ3n) is 4.98. The van der Waals surface area contributed by atoms with Crippen LogP contribution in [-0.2, 0) is 9.53 Å². The molecule has 3 rings (SSSR count). The molecule has 0 saturated heterocycles. The Balaban J connectivity index is 1.53. The number of hydrogen-bond acceptors (Lipinski definition) is 4. The lowest BCUT2D eigenvalue weighted by atomic mass is 9.97. The highest BCUT2D eigenvalue weighted by molar-refractivity contribution is 5.98. The van der Waals surface area contributed by atoms with Gasteiger partial charge in [0.2, 0.25) is 0 Å². The molecule has 2 aromatic carbocycles. The van der Waals surface area contributed by atoms with E-state index in [1.54, 1.807) is 19.1 Å². The van der Waals surface area contributed by atoms with Gasteiger partial charge in [0, 0.05) is 12.2 Å². The molecule has 1 amide bonds. The molecule has 152 valence electrons. The second-order valence-corrected chi connectivity index (χ2v) is 7.23. The monoisotopic (exact) mass is 392 g/mol. The number of anilines is 2. The molecular formula is C24H28N2O3. The van der Waals surface area contributed by atoms with E-state index in [9.17, 15) is 9.59 Å². The molecule has 0 aliphatic heterocycles. The molecule has 0 heterocycles. The minimum atomic E-state index is -0.854. The van der Waals surface area contributed by atoms with Gasteiger partial charge in [-0.25, -0.2) is 4.79 Å². The molecule has 1 aliphatic rings. The Morgan fingerprint density at radius 3 is 2.55 bits per heavy atom. The summed E-state index contributed by atoms with van der Waals surface area (Å²) in [6.07, 6.45) is 7.01. The number of hydrogen-bond donors (Lipinski definition) is 2. The quantitative estimate of drug-likeness (QED) is 0.491. The van der Waals surface area contributed by atoms with E-state index in [1.807, 2.05) is 42.5 Å². The van der Waals surface area contributed by atoms with E-state index in [2.05, 4.69) is 16.7 Å². The van der Waals surface area contributed by atoms with Gasteiger partial charge >= 0.3 is 5.97 Å². The summed E-state index contributed by atoms with van der Waals surface area (Å²) < 4.78 is 5.41.